The van der Waals surface area contributed by atoms with Gasteiger partial charge in [-0.2, -0.15) is 0 Å². The Morgan fingerprint density at radius 1 is 0.810 bits per heavy atom. The Kier molecular flexibility index (Phi) is 8.92. The molecule has 1 aliphatic carbocycles. The lowest BCUT2D eigenvalue weighted by atomic mass is 9.97. The first-order chi connectivity index (χ1) is 20.5. The molecule has 42 heavy (non-hydrogen) atoms. The molecule has 2 amide bonds. The van der Waals surface area contributed by atoms with E-state index in [9.17, 15) is 9.59 Å². The fourth-order valence-corrected chi connectivity index (χ4v) is 5.31. The molecule has 0 aromatic heterocycles. The molecular formula is C34H34N2O6. The third-order valence-corrected chi connectivity index (χ3v) is 7.31. The number of methoxy groups -OCH3 is 2. The number of amides is 2. The predicted molar refractivity (Wildman–Crippen MR) is 160 cm³/mol. The largest absolute Gasteiger partial charge is 0.497 e. The number of benzene rings is 4. The van der Waals surface area contributed by atoms with Crippen molar-refractivity contribution in [3.63, 3.8) is 0 Å². The highest BCUT2D eigenvalue weighted by molar-refractivity contribution is 5.79. The summed E-state index contributed by atoms with van der Waals surface area (Å²) in [7, 11) is 3.15. The SMILES string of the molecule is CCNC(=O)COc1ccc(C(NC(=O)OCC2c3ccccc3-c3ccccc32)c2ccc(OC)cc2OC)cc1. The number of alkyl carbamates (subject to hydrolysis) is 1. The van der Waals surface area contributed by atoms with Crippen LogP contribution in [0.2, 0.25) is 0 Å². The number of fused-ring (bicyclic) bond motifs is 3. The van der Waals surface area contributed by atoms with Crippen LogP contribution in [0.25, 0.3) is 11.1 Å². The van der Waals surface area contributed by atoms with Gasteiger partial charge in [0.25, 0.3) is 5.91 Å². The van der Waals surface area contributed by atoms with Crippen LogP contribution in [-0.2, 0) is 9.53 Å². The summed E-state index contributed by atoms with van der Waals surface area (Å²) in [5.74, 6) is 1.46. The fourth-order valence-electron chi connectivity index (χ4n) is 5.31. The summed E-state index contributed by atoms with van der Waals surface area (Å²) in [6.07, 6.45) is -0.559. The van der Waals surface area contributed by atoms with Crippen LogP contribution in [0.1, 0.15) is 41.1 Å². The molecule has 2 N–H and O–H groups in total. The minimum Gasteiger partial charge on any atom is -0.497 e. The van der Waals surface area contributed by atoms with Gasteiger partial charge in [0.1, 0.15) is 23.9 Å². The molecule has 0 radical (unpaired) electrons. The second-order valence-corrected chi connectivity index (χ2v) is 9.82. The summed E-state index contributed by atoms with van der Waals surface area (Å²) in [6, 6.07) is 28.5. The van der Waals surface area contributed by atoms with Crippen molar-refractivity contribution >= 4 is 12.0 Å². The summed E-state index contributed by atoms with van der Waals surface area (Å²) in [4.78, 5) is 25.1. The zero-order valence-corrected chi connectivity index (χ0v) is 23.9. The predicted octanol–water partition coefficient (Wildman–Crippen LogP) is 5.85. The highest BCUT2D eigenvalue weighted by atomic mass is 16.5. The van der Waals surface area contributed by atoms with Gasteiger partial charge < -0.3 is 29.6 Å². The van der Waals surface area contributed by atoms with Gasteiger partial charge in [-0.1, -0.05) is 60.7 Å². The highest BCUT2D eigenvalue weighted by Crippen LogP contribution is 2.44. The molecule has 1 aliphatic rings. The van der Waals surface area contributed by atoms with Crippen LogP contribution in [-0.4, -0.2) is 46.0 Å². The van der Waals surface area contributed by atoms with Gasteiger partial charge in [0.15, 0.2) is 6.61 Å². The molecule has 4 aromatic carbocycles. The molecule has 0 aliphatic heterocycles. The number of rotatable bonds is 11. The summed E-state index contributed by atoms with van der Waals surface area (Å²) in [5.41, 5.74) is 6.11. The monoisotopic (exact) mass is 566 g/mol. The average Bonchev–Trinajstić information content (AvgIpc) is 3.35. The molecular weight excluding hydrogens is 532 g/mol. The number of carbonyl (C=O) groups excluding carboxylic acids is 2. The normalized spacial score (nSPS) is 12.5. The maximum absolute atomic E-state index is 13.3. The molecule has 0 spiro atoms. The number of nitrogens with one attached hydrogen (secondary N) is 2. The minimum absolute atomic E-state index is 0.0570. The lowest BCUT2D eigenvalue weighted by molar-refractivity contribution is -0.122. The summed E-state index contributed by atoms with van der Waals surface area (Å²) in [6.45, 7) is 2.50. The molecule has 4 aromatic rings. The van der Waals surface area contributed by atoms with Crippen LogP contribution >= 0.6 is 0 Å². The van der Waals surface area contributed by atoms with Gasteiger partial charge in [-0.25, -0.2) is 4.79 Å². The quantitative estimate of drug-likeness (QED) is 0.237. The molecule has 8 heteroatoms. The number of hydrogen-bond donors (Lipinski definition) is 2. The molecule has 0 saturated heterocycles. The van der Waals surface area contributed by atoms with E-state index in [1.165, 1.54) is 0 Å². The van der Waals surface area contributed by atoms with E-state index in [1.807, 2.05) is 55.5 Å². The molecule has 1 unspecified atom stereocenters. The van der Waals surface area contributed by atoms with Crippen LogP contribution in [0, 0.1) is 0 Å². The fraction of sp³-hybridized carbons (Fsp3) is 0.235. The maximum Gasteiger partial charge on any atom is 0.407 e. The topological polar surface area (TPSA) is 95.1 Å². The summed E-state index contributed by atoms with van der Waals surface area (Å²) < 4.78 is 22.5. The van der Waals surface area contributed by atoms with Gasteiger partial charge in [0.2, 0.25) is 0 Å². The van der Waals surface area contributed by atoms with E-state index in [0.717, 1.165) is 33.4 Å². The van der Waals surface area contributed by atoms with Gasteiger partial charge in [0, 0.05) is 24.1 Å². The van der Waals surface area contributed by atoms with Crippen LogP contribution in [0.4, 0.5) is 4.79 Å². The first kappa shape index (κ1) is 28.5. The summed E-state index contributed by atoms with van der Waals surface area (Å²) in [5, 5.41) is 5.74. The van der Waals surface area contributed by atoms with E-state index in [0.29, 0.717) is 23.8 Å². The van der Waals surface area contributed by atoms with E-state index in [4.69, 9.17) is 18.9 Å². The second-order valence-electron chi connectivity index (χ2n) is 9.82. The number of hydrogen-bond acceptors (Lipinski definition) is 6. The molecule has 0 bridgehead atoms. The third-order valence-electron chi connectivity index (χ3n) is 7.31. The van der Waals surface area contributed by atoms with Crippen LogP contribution < -0.4 is 24.8 Å². The van der Waals surface area contributed by atoms with Crippen LogP contribution in [0.3, 0.4) is 0 Å². The highest BCUT2D eigenvalue weighted by Gasteiger charge is 2.30. The van der Waals surface area contributed by atoms with E-state index in [2.05, 4.69) is 34.9 Å². The molecule has 0 saturated carbocycles. The maximum atomic E-state index is 13.3. The molecule has 0 heterocycles. The molecule has 5 rings (SSSR count). The van der Waals surface area contributed by atoms with E-state index in [1.54, 1.807) is 32.4 Å². The average molecular weight is 567 g/mol. The van der Waals surface area contributed by atoms with E-state index < -0.39 is 12.1 Å². The van der Waals surface area contributed by atoms with Crippen molar-refractivity contribution in [2.24, 2.45) is 0 Å². The van der Waals surface area contributed by atoms with Crippen molar-refractivity contribution in [1.82, 2.24) is 10.6 Å². The standard InChI is InChI=1S/C34H34N2O6/c1-4-35-32(37)21-41-23-15-13-22(14-16-23)33(29-18-17-24(39-2)19-31(29)40-3)36-34(38)42-20-30-27-11-7-5-9-25(27)26-10-6-8-12-28(26)30/h5-19,30,33H,4,20-21H2,1-3H3,(H,35,37)(H,36,38). The Hall–Kier alpha value is -4.98. The van der Waals surface area contributed by atoms with Gasteiger partial charge in [0.05, 0.1) is 20.3 Å². The lowest BCUT2D eigenvalue weighted by Gasteiger charge is -2.23. The van der Waals surface area contributed by atoms with Crippen molar-refractivity contribution in [2.45, 2.75) is 18.9 Å². The van der Waals surface area contributed by atoms with Gasteiger partial charge >= 0.3 is 6.09 Å². The van der Waals surface area contributed by atoms with Crippen LogP contribution in [0.5, 0.6) is 17.2 Å². The van der Waals surface area contributed by atoms with Crippen molar-refractivity contribution in [3.8, 4) is 28.4 Å². The summed E-state index contributed by atoms with van der Waals surface area (Å²) >= 11 is 0. The number of ether oxygens (including phenoxy) is 4. The van der Waals surface area contributed by atoms with E-state index in [-0.39, 0.29) is 25.0 Å². The van der Waals surface area contributed by atoms with E-state index >= 15 is 0 Å². The Morgan fingerprint density at radius 3 is 2.07 bits per heavy atom. The first-order valence-corrected chi connectivity index (χ1v) is 13.8. The Balaban J connectivity index is 1.36. The van der Waals surface area contributed by atoms with Gasteiger partial charge in [-0.05, 0) is 59.0 Å². The molecule has 216 valence electrons. The number of likely N-dealkylation sites (N-methyl/N-ethyl adjacent to an activating group) is 1. The number of carbonyl (C=O) groups is 2. The Bertz CT molecular complexity index is 1510. The Labute approximate surface area is 245 Å². The van der Waals surface area contributed by atoms with Gasteiger partial charge in [-0.3, -0.25) is 4.79 Å². The van der Waals surface area contributed by atoms with Crippen LogP contribution in [0.15, 0.2) is 91.0 Å². The molecule has 1 atom stereocenters. The van der Waals surface area contributed by atoms with Crippen molar-refractivity contribution in [3.05, 3.63) is 113 Å². The van der Waals surface area contributed by atoms with Crippen molar-refractivity contribution in [2.75, 3.05) is 34.0 Å². The molecule has 8 nitrogen and oxygen atoms in total. The zero-order valence-electron chi connectivity index (χ0n) is 23.9. The first-order valence-electron chi connectivity index (χ1n) is 13.8. The van der Waals surface area contributed by atoms with Gasteiger partial charge in [-0.15, -0.1) is 0 Å². The lowest BCUT2D eigenvalue weighted by Crippen LogP contribution is -2.31. The molecule has 0 fully saturated rings. The Morgan fingerprint density at radius 2 is 1.45 bits per heavy atom. The van der Waals surface area contributed by atoms with Crippen molar-refractivity contribution in [1.29, 1.82) is 0 Å². The van der Waals surface area contributed by atoms with Crippen molar-refractivity contribution < 1.29 is 28.5 Å². The zero-order chi connectivity index (χ0) is 29.5. The smallest absolute Gasteiger partial charge is 0.407 e. The minimum atomic E-state index is -0.598. The second kappa shape index (κ2) is 13.1. The third kappa shape index (κ3) is 6.17.